The molecule has 3 aromatic rings. The third kappa shape index (κ3) is 3.81. The Morgan fingerprint density at radius 3 is 1.63 bits per heavy atom. The standard InChI is InChI=1S/C24H26O6/c1-25-15-10-11-17(22(14-15)28-4)19-12-16(26-2)13-20(23(19)29-5)18-8-7-9-21(27-3)24(18)30-6/h7-14H,1-6H3. The normalized spacial score (nSPS) is 10.3. The number of rotatable bonds is 8. The predicted octanol–water partition coefficient (Wildman–Crippen LogP) is 5.07. The molecule has 0 radical (unpaired) electrons. The van der Waals surface area contributed by atoms with E-state index in [0.29, 0.717) is 34.5 Å². The second-order valence-corrected chi connectivity index (χ2v) is 6.36. The van der Waals surface area contributed by atoms with E-state index in [4.69, 9.17) is 28.4 Å². The summed E-state index contributed by atoms with van der Waals surface area (Å²) in [5.41, 5.74) is 3.29. The van der Waals surface area contributed by atoms with Crippen LogP contribution in [-0.2, 0) is 0 Å². The van der Waals surface area contributed by atoms with Crippen molar-refractivity contribution in [1.29, 1.82) is 0 Å². The average molecular weight is 410 g/mol. The van der Waals surface area contributed by atoms with Gasteiger partial charge in [-0.2, -0.15) is 0 Å². The fourth-order valence-electron chi connectivity index (χ4n) is 3.46. The molecule has 6 nitrogen and oxygen atoms in total. The van der Waals surface area contributed by atoms with Crippen molar-refractivity contribution < 1.29 is 28.4 Å². The molecule has 0 unspecified atom stereocenters. The molecule has 3 aromatic carbocycles. The molecule has 0 aliphatic rings. The first-order valence-corrected chi connectivity index (χ1v) is 9.31. The van der Waals surface area contributed by atoms with Gasteiger partial charge in [0.15, 0.2) is 11.5 Å². The Morgan fingerprint density at radius 2 is 1.07 bits per heavy atom. The summed E-state index contributed by atoms with van der Waals surface area (Å²) in [6.45, 7) is 0. The van der Waals surface area contributed by atoms with Crippen molar-refractivity contribution in [2.45, 2.75) is 0 Å². The lowest BCUT2D eigenvalue weighted by Crippen LogP contribution is -1.99. The van der Waals surface area contributed by atoms with Gasteiger partial charge in [-0.15, -0.1) is 0 Å². The maximum absolute atomic E-state index is 5.88. The maximum atomic E-state index is 5.88. The average Bonchev–Trinajstić information content (AvgIpc) is 2.81. The van der Waals surface area contributed by atoms with Gasteiger partial charge in [0.2, 0.25) is 0 Å². The molecule has 0 aliphatic heterocycles. The topological polar surface area (TPSA) is 55.4 Å². The predicted molar refractivity (Wildman–Crippen MR) is 117 cm³/mol. The summed E-state index contributed by atoms with van der Waals surface area (Å²) in [4.78, 5) is 0. The highest BCUT2D eigenvalue weighted by Crippen LogP contribution is 2.49. The molecule has 0 amide bonds. The van der Waals surface area contributed by atoms with E-state index in [-0.39, 0.29) is 0 Å². The van der Waals surface area contributed by atoms with E-state index in [1.807, 2.05) is 48.5 Å². The second-order valence-electron chi connectivity index (χ2n) is 6.36. The van der Waals surface area contributed by atoms with Gasteiger partial charge in [-0.1, -0.05) is 12.1 Å². The van der Waals surface area contributed by atoms with E-state index >= 15 is 0 Å². The van der Waals surface area contributed by atoms with Gasteiger partial charge in [-0.05, 0) is 30.3 Å². The molecule has 3 rings (SSSR count). The van der Waals surface area contributed by atoms with Gasteiger partial charge in [0.1, 0.15) is 23.0 Å². The van der Waals surface area contributed by atoms with E-state index in [1.54, 1.807) is 42.7 Å². The lowest BCUT2D eigenvalue weighted by Gasteiger charge is -2.20. The zero-order valence-electron chi connectivity index (χ0n) is 18.1. The van der Waals surface area contributed by atoms with Crippen LogP contribution in [0.5, 0.6) is 34.5 Å². The van der Waals surface area contributed by atoms with E-state index < -0.39 is 0 Å². The van der Waals surface area contributed by atoms with Crippen LogP contribution in [-0.4, -0.2) is 42.7 Å². The van der Waals surface area contributed by atoms with Crippen LogP contribution in [0.2, 0.25) is 0 Å². The molecular weight excluding hydrogens is 384 g/mol. The molecule has 0 spiro atoms. The number of benzene rings is 3. The highest BCUT2D eigenvalue weighted by Gasteiger charge is 2.22. The number of methoxy groups -OCH3 is 6. The number of ether oxygens (including phenoxy) is 6. The summed E-state index contributed by atoms with van der Waals surface area (Å²) in [5.74, 6) is 3.92. The van der Waals surface area contributed by atoms with Crippen molar-refractivity contribution in [2.75, 3.05) is 42.7 Å². The zero-order valence-corrected chi connectivity index (χ0v) is 18.1. The summed E-state index contributed by atoms with van der Waals surface area (Å²) < 4.78 is 33.5. The van der Waals surface area contributed by atoms with Crippen LogP contribution in [0.3, 0.4) is 0 Å². The van der Waals surface area contributed by atoms with Crippen LogP contribution >= 0.6 is 0 Å². The molecule has 0 bridgehead atoms. The van der Waals surface area contributed by atoms with Gasteiger partial charge >= 0.3 is 0 Å². The molecule has 0 saturated heterocycles. The summed E-state index contributed by atoms with van der Waals surface area (Å²) >= 11 is 0. The smallest absolute Gasteiger partial charge is 0.168 e. The summed E-state index contributed by atoms with van der Waals surface area (Å²) in [6, 6.07) is 15.2. The van der Waals surface area contributed by atoms with Crippen LogP contribution in [0.1, 0.15) is 0 Å². The van der Waals surface area contributed by atoms with Crippen LogP contribution < -0.4 is 28.4 Å². The minimum absolute atomic E-state index is 0.610. The molecule has 0 heterocycles. The van der Waals surface area contributed by atoms with Crippen LogP contribution in [0.15, 0.2) is 48.5 Å². The molecule has 0 atom stereocenters. The van der Waals surface area contributed by atoms with Gasteiger partial charge in [0.25, 0.3) is 0 Å². The largest absolute Gasteiger partial charge is 0.497 e. The van der Waals surface area contributed by atoms with Crippen LogP contribution in [0.25, 0.3) is 22.3 Å². The fourth-order valence-corrected chi connectivity index (χ4v) is 3.46. The third-order valence-corrected chi connectivity index (χ3v) is 4.89. The van der Waals surface area contributed by atoms with Crippen molar-refractivity contribution in [3.05, 3.63) is 48.5 Å². The lowest BCUT2D eigenvalue weighted by atomic mass is 9.95. The molecule has 30 heavy (non-hydrogen) atoms. The Morgan fingerprint density at radius 1 is 0.433 bits per heavy atom. The van der Waals surface area contributed by atoms with E-state index in [1.165, 1.54) is 0 Å². The quantitative estimate of drug-likeness (QED) is 0.517. The Kier molecular flexibility index (Phi) is 6.57. The Bertz CT molecular complexity index is 1030. The molecule has 0 N–H and O–H groups in total. The highest BCUT2D eigenvalue weighted by atomic mass is 16.5. The molecule has 0 fully saturated rings. The molecule has 0 aromatic heterocycles. The lowest BCUT2D eigenvalue weighted by molar-refractivity contribution is 0.355. The highest BCUT2D eigenvalue weighted by molar-refractivity contribution is 5.89. The van der Waals surface area contributed by atoms with Crippen molar-refractivity contribution in [2.24, 2.45) is 0 Å². The molecule has 0 saturated carbocycles. The van der Waals surface area contributed by atoms with Gasteiger partial charge in [-0.3, -0.25) is 0 Å². The SMILES string of the molecule is COc1ccc(-c2cc(OC)cc(-c3cccc(OC)c3OC)c2OC)c(OC)c1. The van der Waals surface area contributed by atoms with E-state index in [2.05, 4.69) is 0 Å². The Balaban J connectivity index is 2.34. The van der Waals surface area contributed by atoms with Crippen molar-refractivity contribution in [3.63, 3.8) is 0 Å². The first-order chi connectivity index (χ1) is 14.6. The first kappa shape index (κ1) is 21.2. The van der Waals surface area contributed by atoms with E-state index in [0.717, 1.165) is 22.3 Å². The summed E-state index contributed by atoms with van der Waals surface area (Å²) in [5, 5.41) is 0. The van der Waals surface area contributed by atoms with E-state index in [9.17, 15) is 0 Å². The van der Waals surface area contributed by atoms with Gasteiger partial charge in [0, 0.05) is 28.3 Å². The molecule has 158 valence electrons. The zero-order chi connectivity index (χ0) is 21.7. The molecule has 0 aliphatic carbocycles. The van der Waals surface area contributed by atoms with Crippen molar-refractivity contribution >= 4 is 0 Å². The molecule has 6 heteroatoms. The van der Waals surface area contributed by atoms with Gasteiger partial charge < -0.3 is 28.4 Å². The number of hydrogen-bond acceptors (Lipinski definition) is 6. The molecular formula is C24H26O6. The van der Waals surface area contributed by atoms with Gasteiger partial charge in [0.05, 0.1) is 42.7 Å². The fraction of sp³-hybridized carbons (Fsp3) is 0.250. The van der Waals surface area contributed by atoms with Crippen LogP contribution in [0, 0.1) is 0 Å². The van der Waals surface area contributed by atoms with Crippen molar-refractivity contribution in [1.82, 2.24) is 0 Å². The third-order valence-electron chi connectivity index (χ3n) is 4.89. The number of hydrogen-bond donors (Lipinski definition) is 0. The summed E-state index contributed by atoms with van der Waals surface area (Å²) in [7, 11) is 9.73. The Labute approximate surface area is 176 Å². The first-order valence-electron chi connectivity index (χ1n) is 9.31. The van der Waals surface area contributed by atoms with Gasteiger partial charge in [-0.25, -0.2) is 0 Å². The summed E-state index contributed by atoms with van der Waals surface area (Å²) in [6.07, 6.45) is 0. The minimum Gasteiger partial charge on any atom is -0.497 e. The minimum atomic E-state index is 0.610. The van der Waals surface area contributed by atoms with Crippen molar-refractivity contribution in [3.8, 4) is 56.8 Å². The second kappa shape index (κ2) is 9.31. The van der Waals surface area contributed by atoms with Crippen LogP contribution in [0.4, 0.5) is 0 Å². The Hall–Kier alpha value is -3.54. The maximum Gasteiger partial charge on any atom is 0.168 e. The monoisotopic (exact) mass is 410 g/mol. The number of para-hydroxylation sites is 1.